The molecule has 7 heteroatoms. The highest BCUT2D eigenvalue weighted by molar-refractivity contribution is 5.85. The molecule has 0 saturated heterocycles. The molecule has 0 saturated carbocycles. The molecule has 2 aromatic rings. The van der Waals surface area contributed by atoms with Gasteiger partial charge in [-0.3, -0.25) is 4.79 Å². The molecule has 2 rings (SSSR count). The van der Waals surface area contributed by atoms with Crippen LogP contribution in [-0.4, -0.2) is 32.9 Å². The van der Waals surface area contributed by atoms with Crippen LogP contribution in [0, 0.1) is 11.3 Å². The summed E-state index contributed by atoms with van der Waals surface area (Å²) in [6.07, 6.45) is 1.47. The van der Waals surface area contributed by atoms with Crippen LogP contribution < -0.4 is 19.6 Å². The number of ether oxygens (including phenoxy) is 3. The Morgan fingerprint density at radius 2 is 1.88 bits per heavy atom. The number of nitrogens with zero attached hydrogens (tertiary/aromatic N) is 2. The van der Waals surface area contributed by atoms with Crippen LogP contribution in [0.2, 0.25) is 0 Å². The van der Waals surface area contributed by atoms with Gasteiger partial charge in [0.15, 0.2) is 6.61 Å². The monoisotopic (exact) mass is 339 g/mol. The summed E-state index contributed by atoms with van der Waals surface area (Å²) >= 11 is 0. The molecular formula is C18H17N3O4. The molecule has 0 radical (unpaired) electrons. The second-order valence-electron chi connectivity index (χ2n) is 4.83. The highest BCUT2D eigenvalue weighted by Gasteiger charge is 2.04. The first-order valence-electron chi connectivity index (χ1n) is 7.33. The maximum absolute atomic E-state index is 11.7. The van der Waals surface area contributed by atoms with E-state index < -0.39 is 5.91 Å². The van der Waals surface area contributed by atoms with E-state index in [2.05, 4.69) is 10.5 Å². The van der Waals surface area contributed by atoms with Gasteiger partial charge in [-0.2, -0.15) is 10.4 Å². The Kier molecular flexibility index (Phi) is 6.37. The minimum absolute atomic E-state index is 0.191. The number of methoxy groups -OCH3 is 2. The molecule has 0 aliphatic rings. The summed E-state index contributed by atoms with van der Waals surface area (Å²) < 4.78 is 15.7. The van der Waals surface area contributed by atoms with Gasteiger partial charge in [-0.05, 0) is 36.4 Å². The standard InChI is InChI=1S/C18H17N3O4/c1-23-16-8-5-14(17(9-16)24-2)11-20-21-18(22)12-25-15-6-3-13(10-19)4-7-15/h3-9,11H,12H2,1-2H3,(H,21,22). The molecule has 7 nitrogen and oxygen atoms in total. The quantitative estimate of drug-likeness (QED) is 0.616. The molecule has 0 unspecified atom stereocenters. The Bertz CT molecular complexity index is 795. The number of rotatable bonds is 7. The van der Waals surface area contributed by atoms with E-state index in [1.807, 2.05) is 6.07 Å². The second-order valence-corrected chi connectivity index (χ2v) is 4.83. The van der Waals surface area contributed by atoms with Crippen molar-refractivity contribution in [2.75, 3.05) is 20.8 Å². The summed E-state index contributed by atoms with van der Waals surface area (Å²) in [6.45, 7) is -0.191. The summed E-state index contributed by atoms with van der Waals surface area (Å²) in [5.41, 5.74) is 3.58. The summed E-state index contributed by atoms with van der Waals surface area (Å²) in [7, 11) is 3.10. The predicted octanol–water partition coefficient (Wildman–Crippen LogP) is 2.10. The molecule has 0 aromatic heterocycles. The molecule has 1 amide bonds. The SMILES string of the molecule is COc1ccc(C=NNC(=O)COc2ccc(C#N)cc2)c(OC)c1. The Hall–Kier alpha value is -3.53. The molecule has 0 heterocycles. The lowest BCUT2D eigenvalue weighted by atomic mass is 10.2. The number of carbonyl (C=O) groups is 1. The summed E-state index contributed by atoms with van der Waals surface area (Å²) in [6, 6.07) is 13.7. The summed E-state index contributed by atoms with van der Waals surface area (Å²) in [5.74, 6) is 1.32. The first-order valence-corrected chi connectivity index (χ1v) is 7.33. The average molecular weight is 339 g/mol. The van der Waals surface area contributed by atoms with Gasteiger partial charge < -0.3 is 14.2 Å². The highest BCUT2D eigenvalue weighted by atomic mass is 16.5. The van der Waals surface area contributed by atoms with E-state index in [4.69, 9.17) is 19.5 Å². The smallest absolute Gasteiger partial charge is 0.277 e. The van der Waals surface area contributed by atoms with Crippen LogP contribution in [0.15, 0.2) is 47.6 Å². The van der Waals surface area contributed by atoms with Crippen LogP contribution in [0.1, 0.15) is 11.1 Å². The lowest BCUT2D eigenvalue weighted by Crippen LogP contribution is -2.24. The van der Waals surface area contributed by atoms with Crippen molar-refractivity contribution in [2.45, 2.75) is 0 Å². The van der Waals surface area contributed by atoms with Crippen molar-refractivity contribution in [3.05, 3.63) is 53.6 Å². The van der Waals surface area contributed by atoms with E-state index >= 15 is 0 Å². The molecule has 0 fully saturated rings. The topological polar surface area (TPSA) is 92.9 Å². The molecule has 0 atom stereocenters. The number of amides is 1. The van der Waals surface area contributed by atoms with Crippen LogP contribution in [0.4, 0.5) is 0 Å². The van der Waals surface area contributed by atoms with Gasteiger partial charge >= 0.3 is 0 Å². The zero-order valence-electron chi connectivity index (χ0n) is 13.9. The molecule has 0 spiro atoms. The van der Waals surface area contributed by atoms with Crippen LogP contribution in [0.3, 0.4) is 0 Å². The van der Waals surface area contributed by atoms with Gasteiger partial charge in [0.1, 0.15) is 17.2 Å². The lowest BCUT2D eigenvalue weighted by Gasteiger charge is -2.07. The van der Waals surface area contributed by atoms with Crippen molar-refractivity contribution < 1.29 is 19.0 Å². The third-order valence-electron chi connectivity index (χ3n) is 3.19. The Morgan fingerprint density at radius 3 is 2.52 bits per heavy atom. The van der Waals surface area contributed by atoms with Gasteiger partial charge in [-0.25, -0.2) is 5.43 Å². The molecule has 25 heavy (non-hydrogen) atoms. The van der Waals surface area contributed by atoms with Crippen LogP contribution in [0.5, 0.6) is 17.2 Å². The zero-order chi connectivity index (χ0) is 18.1. The van der Waals surface area contributed by atoms with Crippen molar-refractivity contribution in [1.29, 1.82) is 5.26 Å². The zero-order valence-corrected chi connectivity index (χ0v) is 13.9. The molecule has 2 aromatic carbocycles. The fourth-order valence-corrected chi connectivity index (χ4v) is 1.91. The number of carbonyl (C=O) groups excluding carboxylic acids is 1. The average Bonchev–Trinajstić information content (AvgIpc) is 2.66. The minimum atomic E-state index is -0.409. The molecule has 128 valence electrons. The number of nitrogens with one attached hydrogen (secondary N) is 1. The maximum Gasteiger partial charge on any atom is 0.277 e. The van der Waals surface area contributed by atoms with Crippen molar-refractivity contribution in [3.8, 4) is 23.3 Å². The van der Waals surface area contributed by atoms with E-state index in [9.17, 15) is 4.79 Å². The summed E-state index contributed by atoms with van der Waals surface area (Å²) in [5, 5.41) is 12.6. The maximum atomic E-state index is 11.7. The van der Waals surface area contributed by atoms with Gasteiger partial charge in [-0.15, -0.1) is 0 Å². The van der Waals surface area contributed by atoms with Crippen LogP contribution in [-0.2, 0) is 4.79 Å². The van der Waals surface area contributed by atoms with Gasteiger partial charge in [0.05, 0.1) is 32.1 Å². The third kappa shape index (κ3) is 5.25. The second kappa shape index (κ2) is 8.93. The molecule has 0 bridgehead atoms. The Labute approximate surface area is 145 Å². The van der Waals surface area contributed by atoms with Crippen molar-refractivity contribution in [2.24, 2.45) is 5.10 Å². The number of hydrogen-bond donors (Lipinski definition) is 1. The third-order valence-corrected chi connectivity index (χ3v) is 3.19. The first-order chi connectivity index (χ1) is 12.2. The minimum Gasteiger partial charge on any atom is -0.497 e. The largest absolute Gasteiger partial charge is 0.497 e. The fraction of sp³-hybridized carbons (Fsp3) is 0.167. The molecule has 1 N–H and O–H groups in total. The van der Waals surface area contributed by atoms with Crippen molar-refractivity contribution in [3.63, 3.8) is 0 Å². The van der Waals surface area contributed by atoms with Crippen molar-refractivity contribution >= 4 is 12.1 Å². The van der Waals surface area contributed by atoms with Gasteiger partial charge in [-0.1, -0.05) is 0 Å². The lowest BCUT2D eigenvalue weighted by molar-refractivity contribution is -0.123. The van der Waals surface area contributed by atoms with E-state index in [0.29, 0.717) is 28.4 Å². The van der Waals surface area contributed by atoms with E-state index in [-0.39, 0.29) is 6.61 Å². The van der Waals surface area contributed by atoms with Gasteiger partial charge in [0.2, 0.25) is 0 Å². The van der Waals surface area contributed by atoms with Gasteiger partial charge in [0, 0.05) is 11.6 Å². The van der Waals surface area contributed by atoms with Crippen LogP contribution in [0.25, 0.3) is 0 Å². The molecule has 0 aliphatic heterocycles. The number of hydrogen-bond acceptors (Lipinski definition) is 6. The fourth-order valence-electron chi connectivity index (χ4n) is 1.91. The normalized spacial score (nSPS) is 10.1. The molecule has 0 aliphatic carbocycles. The highest BCUT2D eigenvalue weighted by Crippen LogP contribution is 2.22. The predicted molar refractivity (Wildman–Crippen MR) is 91.9 cm³/mol. The summed E-state index contributed by atoms with van der Waals surface area (Å²) in [4.78, 5) is 11.7. The Balaban J connectivity index is 1.86. The van der Waals surface area contributed by atoms with E-state index in [1.54, 1.807) is 49.6 Å². The number of nitriles is 1. The van der Waals surface area contributed by atoms with E-state index in [1.165, 1.54) is 13.3 Å². The van der Waals surface area contributed by atoms with Gasteiger partial charge in [0.25, 0.3) is 5.91 Å². The number of hydrazone groups is 1. The number of benzene rings is 2. The van der Waals surface area contributed by atoms with E-state index in [0.717, 1.165) is 0 Å². The molecular weight excluding hydrogens is 322 g/mol. The van der Waals surface area contributed by atoms with Crippen molar-refractivity contribution in [1.82, 2.24) is 5.43 Å². The first kappa shape index (κ1) is 17.8. The Morgan fingerprint density at radius 1 is 1.16 bits per heavy atom. The van der Waals surface area contributed by atoms with Crippen LogP contribution >= 0.6 is 0 Å².